The molecule has 2 amide bonds. The molecule has 34 heavy (non-hydrogen) atoms. The minimum Gasteiger partial charge on any atom is -0.349 e. The van der Waals surface area contributed by atoms with Crippen molar-refractivity contribution in [2.24, 2.45) is 5.92 Å². The number of nitrogens with zero attached hydrogens (tertiary/aromatic N) is 4. The van der Waals surface area contributed by atoms with Gasteiger partial charge in [0.05, 0.1) is 21.6 Å². The van der Waals surface area contributed by atoms with Gasteiger partial charge >= 0.3 is 0 Å². The molecule has 9 heteroatoms. The van der Waals surface area contributed by atoms with E-state index in [1.807, 2.05) is 49.9 Å². The van der Waals surface area contributed by atoms with Gasteiger partial charge in [-0.3, -0.25) is 14.3 Å². The van der Waals surface area contributed by atoms with Gasteiger partial charge in [0.2, 0.25) is 0 Å². The molecule has 1 aliphatic carbocycles. The summed E-state index contributed by atoms with van der Waals surface area (Å²) in [7, 11) is 0. The van der Waals surface area contributed by atoms with Crippen molar-refractivity contribution < 1.29 is 9.59 Å². The lowest BCUT2D eigenvalue weighted by atomic mass is 9.98. The molecule has 3 aromatic rings. The molecule has 0 spiro atoms. The Morgan fingerprint density at radius 3 is 2.82 bits per heavy atom. The fraction of sp³-hybridized carbons (Fsp3) is 0.440. The Balaban J connectivity index is 1.39. The predicted molar refractivity (Wildman–Crippen MR) is 133 cm³/mol. The average Bonchev–Trinajstić information content (AvgIpc) is 3.59. The fourth-order valence-electron chi connectivity index (χ4n) is 5.45. The molecule has 5 rings (SSSR count). The number of benzene rings is 1. The topological polar surface area (TPSA) is 80.1 Å². The number of nitrogens with one attached hydrogen (secondary N) is 1. The van der Waals surface area contributed by atoms with Crippen molar-refractivity contribution in [3.63, 3.8) is 0 Å². The molecule has 0 unspecified atom stereocenters. The summed E-state index contributed by atoms with van der Waals surface area (Å²) >= 11 is 7.73. The number of likely N-dealkylation sites (tertiary alicyclic amines) is 1. The number of thiazole rings is 1. The number of rotatable bonds is 6. The molecule has 3 atom stereocenters. The zero-order chi connectivity index (χ0) is 24.0. The minimum absolute atomic E-state index is 0.0384. The number of carbonyl (C=O) groups is 2. The Labute approximate surface area is 208 Å². The van der Waals surface area contributed by atoms with Gasteiger partial charge in [0.15, 0.2) is 0 Å². The second-order valence-corrected chi connectivity index (χ2v) is 10.8. The summed E-state index contributed by atoms with van der Waals surface area (Å²) in [5.41, 5.74) is 2.75. The molecule has 0 radical (unpaired) electrons. The van der Waals surface area contributed by atoms with Gasteiger partial charge in [-0.15, -0.1) is 11.3 Å². The molecule has 178 valence electrons. The molecular formula is C25H28ClN5O2S. The lowest BCUT2D eigenvalue weighted by molar-refractivity contribution is 0.0577. The molecule has 1 N–H and O–H groups in total. The van der Waals surface area contributed by atoms with Crippen LogP contribution in [-0.4, -0.2) is 50.1 Å². The Morgan fingerprint density at radius 1 is 1.24 bits per heavy atom. The maximum atomic E-state index is 13.9. The molecule has 1 aromatic carbocycles. The molecule has 2 aliphatic rings. The van der Waals surface area contributed by atoms with Crippen LogP contribution in [0.5, 0.6) is 0 Å². The van der Waals surface area contributed by atoms with Crippen LogP contribution in [0.25, 0.3) is 10.4 Å². The summed E-state index contributed by atoms with van der Waals surface area (Å²) in [6.45, 7) is 6.82. The van der Waals surface area contributed by atoms with Crippen LogP contribution >= 0.6 is 22.9 Å². The van der Waals surface area contributed by atoms with Crippen molar-refractivity contribution in [3.8, 4) is 10.4 Å². The van der Waals surface area contributed by atoms with Crippen LogP contribution in [-0.2, 0) is 6.54 Å². The summed E-state index contributed by atoms with van der Waals surface area (Å²) in [5, 5.41) is 8.93. The highest BCUT2D eigenvalue weighted by molar-refractivity contribution is 7.15. The third-order valence-electron chi connectivity index (χ3n) is 6.90. The quantitative estimate of drug-likeness (QED) is 0.534. The smallest absolute Gasteiger partial charge is 0.274 e. The number of aryl methyl sites for hydroxylation is 3. The third-order valence-corrected chi connectivity index (χ3v) is 8.16. The van der Waals surface area contributed by atoms with Gasteiger partial charge < -0.3 is 10.2 Å². The molecule has 2 aromatic heterocycles. The molecule has 2 fully saturated rings. The normalized spacial score (nSPS) is 21.3. The number of halogens is 1. The van der Waals surface area contributed by atoms with E-state index in [1.54, 1.807) is 10.7 Å². The number of carbonyl (C=O) groups excluding carboxylic acids is 2. The van der Waals surface area contributed by atoms with Crippen molar-refractivity contribution in [2.45, 2.75) is 58.7 Å². The van der Waals surface area contributed by atoms with E-state index in [9.17, 15) is 9.59 Å². The SMILES string of the molecule is CCn1nc(C)cc1C(=O)NC[C@@H]1[C@H]2CC[C@H](C2)N1C(=O)c1nc(C)sc1-c1cccc(Cl)c1. The van der Waals surface area contributed by atoms with Crippen molar-refractivity contribution >= 4 is 34.8 Å². The highest BCUT2D eigenvalue weighted by Gasteiger charge is 2.49. The molecule has 7 nitrogen and oxygen atoms in total. The molecule has 1 aliphatic heterocycles. The van der Waals surface area contributed by atoms with Gasteiger partial charge in [0.25, 0.3) is 11.8 Å². The zero-order valence-corrected chi connectivity index (χ0v) is 21.1. The number of hydrogen-bond acceptors (Lipinski definition) is 5. The second-order valence-electron chi connectivity index (χ2n) is 9.12. The van der Waals surface area contributed by atoms with E-state index in [2.05, 4.69) is 15.4 Å². The maximum Gasteiger partial charge on any atom is 0.274 e. The van der Waals surface area contributed by atoms with E-state index >= 15 is 0 Å². The van der Waals surface area contributed by atoms with Crippen molar-refractivity contribution in [3.05, 3.63) is 57.4 Å². The summed E-state index contributed by atoms with van der Waals surface area (Å²) in [4.78, 5) is 34.3. The van der Waals surface area contributed by atoms with E-state index in [1.165, 1.54) is 11.3 Å². The highest BCUT2D eigenvalue weighted by Crippen LogP contribution is 2.44. The van der Waals surface area contributed by atoms with Crippen molar-refractivity contribution in [1.82, 2.24) is 25.0 Å². The van der Waals surface area contributed by atoms with Gasteiger partial charge in [-0.1, -0.05) is 23.7 Å². The van der Waals surface area contributed by atoms with Crippen LogP contribution < -0.4 is 5.32 Å². The minimum atomic E-state index is -0.151. The number of piperidine rings is 1. The first-order valence-electron chi connectivity index (χ1n) is 11.7. The van der Waals surface area contributed by atoms with Crippen LogP contribution in [0.15, 0.2) is 30.3 Å². The largest absolute Gasteiger partial charge is 0.349 e. The van der Waals surface area contributed by atoms with E-state index in [-0.39, 0.29) is 23.9 Å². The van der Waals surface area contributed by atoms with Crippen molar-refractivity contribution in [2.75, 3.05) is 6.54 Å². The summed E-state index contributed by atoms with van der Waals surface area (Å²) in [6, 6.07) is 9.50. The first kappa shape index (κ1) is 23.1. The highest BCUT2D eigenvalue weighted by atomic mass is 35.5. The molecule has 2 bridgehead atoms. The van der Waals surface area contributed by atoms with Crippen LogP contribution in [0.2, 0.25) is 5.02 Å². The molecule has 1 saturated heterocycles. The first-order valence-corrected chi connectivity index (χ1v) is 12.9. The number of amides is 2. The van der Waals surface area contributed by atoms with Gasteiger partial charge in [-0.05, 0) is 69.7 Å². The standard InChI is InChI=1S/C25H28ClN5O2S/c1-4-30-20(10-14(2)29-30)24(32)27-13-21-16-8-9-19(12-16)31(21)25(33)22-23(34-15(3)28-22)17-6-5-7-18(26)11-17/h5-7,10-11,16,19,21H,4,8-9,12-13H2,1-3H3,(H,27,32)/t16-,19+,21+/m0/s1. The van der Waals surface area contributed by atoms with Crippen LogP contribution in [0.4, 0.5) is 0 Å². The Bertz CT molecular complexity index is 1250. The van der Waals surface area contributed by atoms with E-state index in [4.69, 9.17) is 11.6 Å². The van der Waals surface area contributed by atoms with E-state index < -0.39 is 0 Å². The lowest BCUT2D eigenvalue weighted by Gasteiger charge is -2.35. The van der Waals surface area contributed by atoms with Gasteiger partial charge in [-0.2, -0.15) is 5.10 Å². The van der Waals surface area contributed by atoms with Crippen LogP contribution in [0.3, 0.4) is 0 Å². The fourth-order valence-corrected chi connectivity index (χ4v) is 6.55. The Morgan fingerprint density at radius 2 is 2.06 bits per heavy atom. The summed E-state index contributed by atoms with van der Waals surface area (Å²) < 4.78 is 1.71. The van der Waals surface area contributed by atoms with Crippen molar-refractivity contribution in [1.29, 1.82) is 0 Å². The van der Waals surface area contributed by atoms with Gasteiger partial charge in [0.1, 0.15) is 11.4 Å². The van der Waals surface area contributed by atoms with Gasteiger partial charge in [0, 0.05) is 24.2 Å². The lowest BCUT2D eigenvalue weighted by Crippen LogP contribution is -2.50. The Kier molecular flexibility index (Phi) is 6.20. The first-order chi connectivity index (χ1) is 16.4. The Hall–Kier alpha value is -2.71. The predicted octanol–water partition coefficient (Wildman–Crippen LogP) is 4.72. The number of aromatic nitrogens is 3. The molecular weight excluding hydrogens is 470 g/mol. The van der Waals surface area contributed by atoms with E-state index in [0.717, 1.165) is 40.4 Å². The van der Waals surface area contributed by atoms with E-state index in [0.29, 0.717) is 35.4 Å². The monoisotopic (exact) mass is 497 g/mol. The molecule has 1 saturated carbocycles. The molecule has 3 heterocycles. The summed E-state index contributed by atoms with van der Waals surface area (Å²) in [5.74, 6) is 0.184. The number of fused-ring (bicyclic) bond motifs is 2. The average molecular weight is 498 g/mol. The zero-order valence-electron chi connectivity index (χ0n) is 19.5. The van der Waals surface area contributed by atoms with Crippen LogP contribution in [0.1, 0.15) is 57.9 Å². The third kappa shape index (κ3) is 4.14. The van der Waals surface area contributed by atoms with Gasteiger partial charge in [-0.25, -0.2) is 4.98 Å². The second kappa shape index (κ2) is 9.15. The number of hydrogen-bond donors (Lipinski definition) is 1. The maximum absolute atomic E-state index is 13.9. The van der Waals surface area contributed by atoms with Crippen LogP contribution in [0, 0.1) is 19.8 Å². The summed E-state index contributed by atoms with van der Waals surface area (Å²) in [6.07, 6.45) is 3.06.